The molecule has 1 rings (SSSR count). The third-order valence-corrected chi connectivity index (χ3v) is 4.98. The summed E-state index contributed by atoms with van der Waals surface area (Å²) in [5, 5.41) is 10.3. The van der Waals surface area contributed by atoms with Crippen LogP contribution >= 0.6 is 15.9 Å². The Bertz CT molecular complexity index is 909. The van der Waals surface area contributed by atoms with Crippen LogP contribution in [0.1, 0.15) is 12.0 Å². The lowest BCUT2D eigenvalue weighted by molar-refractivity contribution is -0.176. The first-order chi connectivity index (χ1) is 12.3. The van der Waals surface area contributed by atoms with Crippen LogP contribution < -0.4 is 5.32 Å². The number of nitrogens with zero attached hydrogens (tertiary/aromatic N) is 1. The Labute approximate surface area is 159 Å². The number of amides is 1. The van der Waals surface area contributed by atoms with Crippen molar-refractivity contribution in [3.05, 3.63) is 45.0 Å². The first kappa shape index (κ1) is 23.0. The molecule has 12 heteroatoms. The Balaban J connectivity index is 3.60. The molecule has 0 saturated carbocycles. The number of allylic oxidation sites excluding steroid dienone is 1. The summed E-state index contributed by atoms with van der Waals surface area (Å²) in [4.78, 5) is 10.5. The Morgan fingerprint density at radius 2 is 1.96 bits per heavy atom. The van der Waals surface area contributed by atoms with Crippen molar-refractivity contribution in [1.82, 2.24) is 5.32 Å². The summed E-state index contributed by atoms with van der Waals surface area (Å²) >= 11 is 2.96. The number of carbonyl (C=O) groups is 1. The number of nitriles is 1. The molecule has 1 aromatic rings. The Kier molecular flexibility index (Phi) is 7.12. The zero-order valence-electron chi connectivity index (χ0n) is 13.6. The Morgan fingerprint density at radius 3 is 2.41 bits per heavy atom. The van der Waals surface area contributed by atoms with Crippen LogP contribution in [0, 0.1) is 17.1 Å². The molecule has 0 aromatic heterocycles. The van der Waals surface area contributed by atoms with Crippen molar-refractivity contribution in [2.45, 2.75) is 18.1 Å². The van der Waals surface area contributed by atoms with Crippen LogP contribution in [0.4, 0.5) is 22.0 Å². The van der Waals surface area contributed by atoms with Crippen molar-refractivity contribution in [1.29, 1.82) is 5.26 Å². The highest BCUT2D eigenvalue weighted by molar-refractivity contribution is 9.10. The van der Waals surface area contributed by atoms with E-state index in [1.807, 2.05) is 0 Å². The number of alkyl halides is 4. The molecule has 1 amide bonds. The molecular formula is C15H12BrF5N2O3S. The van der Waals surface area contributed by atoms with Gasteiger partial charge in [0.1, 0.15) is 29.0 Å². The molecule has 1 N–H and O–H groups in total. The van der Waals surface area contributed by atoms with Gasteiger partial charge in [0.25, 0.3) is 0 Å². The van der Waals surface area contributed by atoms with Gasteiger partial charge >= 0.3 is 12.1 Å². The van der Waals surface area contributed by atoms with Crippen LogP contribution in [0.25, 0.3) is 0 Å². The van der Waals surface area contributed by atoms with E-state index in [9.17, 15) is 35.2 Å². The van der Waals surface area contributed by atoms with Crippen molar-refractivity contribution < 1.29 is 35.2 Å². The molecule has 0 bridgehead atoms. The number of rotatable bonds is 6. The fourth-order valence-electron chi connectivity index (χ4n) is 2.09. The quantitative estimate of drug-likeness (QED) is 0.506. The minimum absolute atomic E-state index is 0.172. The van der Waals surface area contributed by atoms with Gasteiger partial charge in [-0.2, -0.15) is 18.4 Å². The van der Waals surface area contributed by atoms with Crippen LogP contribution in [0.3, 0.4) is 0 Å². The third-order valence-electron chi connectivity index (χ3n) is 3.43. The van der Waals surface area contributed by atoms with Crippen molar-refractivity contribution in [3.8, 4) is 6.07 Å². The number of carbonyl (C=O) groups excluding carboxylic acids is 1. The fourth-order valence-corrected chi connectivity index (χ4v) is 3.00. The smallest absolute Gasteiger partial charge is 0.336 e. The standard InChI is InChI=1S/C15H12BrF5N2O3S/c1-27(25,26)10(7-22)4-5-14(8-17,23-13(24)15(19,20)21)11-6-9(16)2-3-12(11)18/h2-4,6H,5,8H2,1H3,(H,23,24)/b10-4-/t14-/m1/s1. The number of hydrogen-bond acceptors (Lipinski definition) is 4. The van der Waals surface area contributed by atoms with E-state index in [0.717, 1.165) is 12.1 Å². The van der Waals surface area contributed by atoms with Gasteiger partial charge in [-0.25, -0.2) is 17.2 Å². The summed E-state index contributed by atoms with van der Waals surface area (Å²) < 4.78 is 89.2. The monoisotopic (exact) mass is 474 g/mol. The lowest BCUT2D eigenvalue weighted by atomic mass is 9.86. The molecule has 1 aromatic carbocycles. The average Bonchev–Trinajstić information content (AvgIpc) is 2.54. The van der Waals surface area contributed by atoms with Crippen molar-refractivity contribution >= 4 is 31.7 Å². The van der Waals surface area contributed by atoms with Crippen LogP contribution in [-0.4, -0.2) is 33.4 Å². The number of sulfone groups is 1. The van der Waals surface area contributed by atoms with Gasteiger partial charge < -0.3 is 5.32 Å². The predicted molar refractivity (Wildman–Crippen MR) is 89.1 cm³/mol. The van der Waals surface area contributed by atoms with Gasteiger partial charge in [0.15, 0.2) is 9.84 Å². The van der Waals surface area contributed by atoms with Gasteiger partial charge in [0, 0.05) is 16.3 Å². The van der Waals surface area contributed by atoms with E-state index in [2.05, 4.69) is 15.9 Å². The Hall–Kier alpha value is -2.00. The van der Waals surface area contributed by atoms with Crippen LogP contribution in [0.2, 0.25) is 0 Å². The van der Waals surface area contributed by atoms with E-state index >= 15 is 0 Å². The van der Waals surface area contributed by atoms with Gasteiger partial charge in [-0.3, -0.25) is 4.79 Å². The molecule has 1 atom stereocenters. The van der Waals surface area contributed by atoms with E-state index < -0.39 is 56.8 Å². The maximum absolute atomic E-state index is 14.2. The molecule has 0 spiro atoms. The molecule has 0 aliphatic carbocycles. The fraction of sp³-hybridized carbons (Fsp3) is 0.333. The van der Waals surface area contributed by atoms with Gasteiger partial charge in [0.05, 0.1) is 0 Å². The lowest BCUT2D eigenvalue weighted by Crippen LogP contribution is -2.52. The maximum atomic E-state index is 14.2. The van der Waals surface area contributed by atoms with E-state index in [-0.39, 0.29) is 4.47 Å². The van der Waals surface area contributed by atoms with Crippen LogP contribution in [0.15, 0.2) is 33.7 Å². The molecule has 0 aliphatic rings. The molecule has 0 aliphatic heterocycles. The predicted octanol–water partition coefficient (Wildman–Crippen LogP) is 3.27. The summed E-state index contributed by atoms with van der Waals surface area (Å²) in [5.41, 5.74) is -3.24. The highest BCUT2D eigenvalue weighted by Gasteiger charge is 2.45. The second-order valence-electron chi connectivity index (χ2n) is 5.45. The van der Waals surface area contributed by atoms with E-state index in [4.69, 9.17) is 5.26 Å². The van der Waals surface area contributed by atoms with Crippen LogP contribution in [0.5, 0.6) is 0 Å². The minimum Gasteiger partial charge on any atom is -0.336 e. The average molecular weight is 475 g/mol. The molecule has 0 unspecified atom stereocenters. The van der Waals surface area contributed by atoms with Crippen molar-refractivity contribution in [2.24, 2.45) is 0 Å². The SMILES string of the molecule is CS(=O)(=O)/C(C#N)=C\C[C@](CF)(NC(=O)C(F)(F)F)c1cc(Br)ccc1F. The summed E-state index contributed by atoms with van der Waals surface area (Å²) in [6, 6.07) is 4.29. The van der Waals surface area contributed by atoms with E-state index in [1.54, 1.807) is 0 Å². The second kappa shape index (κ2) is 8.35. The topological polar surface area (TPSA) is 87.0 Å². The minimum atomic E-state index is -5.40. The normalized spacial score (nSPS) is 15.0. The zero-order valence-corrected chi connectivity index (χ0v) is 16.0. The van der Waals surface area contributed by atoms with Gasteiger partial charge in [-0.15, -0.1) is 0 Å². The first-order valence-electron chi connectivity index (χ1n) is 6.98. The molecule has 5 nitrogen and oxygen atoms in total. The van der Waals surface area contributed by atoms with Gasteiger partial charge in [0.2, 0.25) is 0 Å². The van der Waals surface area contributed by atoms with Gasteiger partial charge in [-0.1, -0.05) is 22.0 Å². The highest BCUT2D eigenvalue weighted by atomic mass is 79.9. The number of halogens is 6. The number of nitrogens with one attached hydrogen (secondary N) is 1. The van der Waals surface area contributed by atoms with E-state index in [1.165, 1.54) is 17.5 Å². The molecule has 27 heavy (non-hydrogen) atoms. The van der Waals surface area contributed by atoms with Gasteiger partial charge in [-0.05, 0) is 24.6 Å². The zero-order chi connectivity index (χ0) is 21.0. The number of hydrogen-bond donors (Lipinski definition) is 1. The second-order valence-corrected chi connectivity index (χ2v) is 8.35. The molecular weight excluding hydrogens is 463 g/mol. The third kappa shape index (κ3) is 5.74. The molecule has 148 valence electrons. The largest absolute Gasteiger partial charge is 0.471 e. The Morgan fingerprint density at radius 1 is 1.37 bits per heavy atom. The van der Waals surface area contributed by atoms with Crippen molar-refractivity contribution in [3.63, 3.8) is 0 Å². The lowest BCUT2D eigenvalue weighted by Gasteiger charge is -2.32. The summed E-state index contributed by atoms with van der Waals surface area (Å²) in [7, 11) is -4.06. The highest BCUT2D eigenvalue weighted by Crippen LogP contribution is 2.33. The molecule has 0 fully saturated rings. The molecule has 0 radical (unpaired) electrons. The summed E-state index contributed by atoms with van der Waals surface area (Å²) in [5.74, 6) is -3.68. The maximum Gasteiger partial charge on any atom is 0.471 e. The number of benzene rings is 1. The summed E-state index contributed by atoms with van der Waals surface area (Å²) in [6.07, 6.45) is -5.03. The summed E-state index contributed by atoms with van der Waals surface area (Å²) in [6.45, 7) is -1.71. The molecule has 0 heterocycles. The van der Waals surface area contributed by atoms with Crippen LogP contribution in [-0.2, 0) is 20.2 Å². The first-order valence-corrected chi connectivity index (χ1v) is 9.66. The van der Waals surface area contributed by atoms with E-state index in [0.29, 0.717) is 12.3 Å². The van der Waals surface area contributed by atoms with Crippen molar-refractivity contribution in [2.75, 3.05) is 12.9 Å². The molecule has 0 saturated heterocycles.